The molecule has 1 fully saturated rings. The molecule has 1 aliphatic rings. The molecule has 1 N–H and O–H groups in total. The average molecular weight is 369 g/mol. The van der Waals surface area contributed by atoms with Crippen molar-refractivity contribution in [3.63, 3.8) is 0 Å². The van der Waals surface area contributed by atoms with E-state index in [1.165, 1.54) is 18.0 Å². The van der Waals surface area contributed by atoms with E-state index in [1.54, 1.807) is 23.7 Å². The molecule has 0 radical (unpaired) electrons. The Bertz CT molecular complexity index is 689. The second kappa shape index (κ2) is 7.91. The fourth-order valence-electron chi connectivity index (χ4n) is 2.27. The molecular formula is C14H17ClN6O2S. The number of ether oxygens (including phenoxy) is 1. The Morgan fingerprint density at radius 3 is 3.17 bits per heavy atom. The van der Waals surface area contributed by atoms with E-state index >= 15 is 0 Å². The van der Waals surface area contributed by atoms with Crippen LogP contribution >= 0.6 is 23.4 Å². The molecule has 2 aromatic rings. The molecule has 1 amide bonds. The lowest BCUT2D eigenvalue weighted by Crippen LogP contribution is -2.24. The van der Waals surface area contributed by atoms with Crippen molar-refractivity contribution in [2.45, 2.75) is 42.8 Å². The molecule has 0 spiro atoms. The Labute approximate surface area is 148 Å². The van der Waals surface area contributed by atoms with Crippen LogP contribution in [0, 0.1) is 0 Å². The van der Waals surface area contributed by atoms with Gasteiger partial charge in [0.05, 0.1) is 22.9 Å². The lowest BCUT2D eigenvalue weighted by atomic mass is 10.2. The molecule has 0 saturated carbocycles. The normalized spacial score (nSPS) is 18.5. The Kier molecular flexibility index (Phi) is 5.64. The summed E-state index contributed by atoms with van der Waals surface area (Å²) in [4.78, 5) is 16.3. The number of pyridine rings is 1. The Morgan fingerprint density at radius 1 is 1.58 bits per heavy atom. The van der Waals surface area contributed by atoms with Crippen LogP contribution in [0.5, 0.6) is 0 Å². The standard InChI is InChI=1S/C14H17ClN6O2S/c1-9(13(22)17-12-5-4-10(15)7-16-12)24-14-18-19-20-21(14)8-11-3-2-6-23-11/h4-5,7,9,11H,2-3,6,8H2,1H3,(H,16,17,22)/t9-,11-/m0/s1. The molecule has 3 heterocycles. The first kappa shape index (κ1) is 17.1. The zero-order valence-electron chi connectivity index (χ0n) is 13.1. The van der Waals surface area contributed by atoms with E-state index in [0.29, 0.717) is 22.5 Å². The van der Waals surface area contributed by atoms with Crippen molar-refractivity contribution in [2.24, 2.45) is 0 Å². The largest absolute Gasteiger partial charge is 0.376 e. The second-order valence-corrected chi connectivity index (χ2v) is 7.13. The molecule has 3 rings (SSSR count). The van der Waals surface area contributed by atoms with Gasteiger partial charge in [0.2, 0.25) is 11.1 Å². The number of hydrogen-bond donors (Lipinski definition) is 1. The van der Waals surface area contributed by atoms with Gasteiger partial charge in [0.15, 0.2) is 0 Å². The lowest BCUT2D eigenvalue weighted by molar-refractivity contribution is -0.115. The van der Waals surface area contributed by atoms with Gasteiger partial charge in [-0.25, -0.2) is 9.67 Å². The summed E-state index contributed by atoms with van der Waals surface area (Å²) < 4.78 is 7.28. The molecule has 1 aliphatic heterocycles. The Morgan fingerprint density at radius 2 is 2.46 bits per heavy atom. The number of nitrogens with zero attached hydrogens (tertiary/aromatic N) is 5. The average Bonchev–Trinajstić information content (AvgIpc) is 3.22. The van der Waals surface area contributed by atoms with E-state index in [9.17, 15) is 4.79 Å². The maximum Gasteiger partial charge on any atom is 0.238 e. The minimum Gasteiger partial charge on any atom is -0.376 e. The third-order valence-electron chi connectivity index (χ3n) is 3.53. The SMILES string of the molecule is C[C@H](Sc1nnnn1C[C@@H]1CCCO1)C(=O)Nc1ccc(Cl)cn1. The third-order valence-corrected chi connectivity index (χ3v) is 4.82. The maximum atomic E-state index is 12.3. The highest BCUT2D eigenvalue weighted by atomic mass is 35.5. The predicted molar refractivity (Wildman–Crippen MR) is 90.0 cm³/mol. The molecule has 10 heteroatoms. The number of hydrogen-bond acceptors (Lipinski definition) is 7. The molecule has 8 nitrogen and oxygen atoms in total. The minimum absolute atomic E-state index is 0.134. The van der Waals surface area contributed by atoms with Crippen LogP contribution in [-0.4, -0.2) is 49.1 Å². The van der Waals surface area contributed by atoms with Crippen molar-refractivity contribution in [3.8, 4) is 0 Å². The smallest absolute Gasteiger partial charge is 0.238 e. The van der Waals surface area contributed by atoms with Crippen LogP contribution in [0.3, 0.4) is 0 Å². The van der Waals surface area contributed by atoms with Crippen LogP contribution in [0.25, 0.3) is 0 Å². The molecule has 2 aromatic heterocycles. The van der Waals surface area contributed by atoms with Gasteiger partial charge < -0.3 is 10.1 Å². The molecule has 128 valence electrons. The number of anilines is 1. The summed E-state index contributed by atoms with van der Waals surface area (Å²) in [6.07, 6.45) is 3.68. The highest BCUT2D eigenvalue weighted by Gasteiger charge is 2.22. The molecule has 0 aliphatic carbocycles. The summed E-state index contributed by atoms with van der Waals surface area (Å²) in [5, 5.41) is 15.2. The van der Waals surface area contributed by atoms with E-state index in [2.05, 4.69) is 25.8 Å². The Hall–Kier alpha value is -1.71. The summed E-state index contributed by atoms with van der Waals surface area (Å²) >= 11 is 7.07. The topological polar surface area (TPSA) is 94.8 Å². The first-order chi connectivity index (χ1) is 11.6. The first-order valence-electron chi connectivity index (χ1n) is 7.58. The van der Waals surface area contributed by atoms with E-state index in [0.717, 1.165) is 19.4 Å². The number of tetrazole rings is 1. The van der Waals surface area contributed by atoms with Crippen LogP contribution < -0.4 is 5.32 Å². The van der Waals surface area contributed by atoms with E-state index in [4.69, 9.17) is 16.3 Å². The molecule has 24 heavy (non-hydrogen) atoms. The van der Waals surface area contributed by atoms with Crippen LogP contribution in [0.4, 0.5) is 5.82 Å². The summed E-state index contributed by atoms with van der Waals surface area (Å²) in [5.41, 5.74) is 0. The van der Waals surface area contributed by atoms with E-state index in [-0.39, 0.29) is 17.3 Å². The number of nitrogens with one attached hydrogen (secondary N) is 1. The van der Waals surface area contributed by atoms with E-state index < -0.39 is 0 Å². The van der Waals surface area contributed by atoms with Gasteiger partial charge in [-0.3, -0.25) is 4.79 Å². The monoisotopic (exact) mass is 368 g/mol. The van der Waals surface area contributed by atoms with Gasteiger partial charge >= 0.3 is 0 Å². The van der Waals surface area contributed by atoms with Gasteiger partial charge in [-0.1, -0.05) is 23.4 Å². The third kappa shape index (κ3) is 4.43. The van der Waals surface area contributed by atoms with Gasteiger partial charge in [-0.05, 0) is 42.3 Å². The van der Waals surface area contributed by atoms with Gasteiger partial charge in [0, 0.05) is 12.8 Å². The highest BCUT2D eigenvalue weighted by Crippen LogP contribution is 2.23. The number of carbonyl (C=O) groups excluding carboxylic acids is 1. The summed E-state index contributed by atoms with van der Waals surface area (Å²) in [6, 6.07) is 3.32. The highest BCUT2D eigenvalue weighted by molar-refractivity contribution is 8.00. The fraction of sp³-hybridized carbons (Fsp3) is 0.500. The number of rotatable bonds is 6. The molecule has 0 aromatic carbocycles. The zero-order chi connectivity index (χ0) is 16.9. The van der Waals surface area contributed by atoms with Gasteiger partial charge in [0.25, 0.3) is 0 Å². The van der Waals surface area contributed by atoms with Crippen molar-refractivity contribution in [1.29, 1.82) is 0 Å². The van der Waals surface area contributed by atoms with Crippen molar-refractivity contribution >= 4 is 35.1 Å². The van der Waals surface area contributed by atoms with Crippen LogP contribution in [0.2, 0.25) is 5.02 Å². The number of amides is 1. The molecular weight excluding hydrogens is 352 g/mol. The van der Waals surface area contributed by atoms with Crippen LogP contribution in [0.15, 0.2) is 23.5 Å². The van der Waals surface area contributed by atoms with Gasteiger partial charge in [0.1, 0.15) is 5.82 Å². The van der Waals surface area contributed by atoms with Crippen LogP contribution in [-0.2, 0) is 16.1 Å². The predicted octanol–water partition coefficient (Wildman–Crippen LogP) is 2.02. The molecule has 0 bridgehead atoms. The first-order valence-corrected chi connectivity index (χ1v) is 8.84. The number of aromatic nitrogens is 5. The van der Waals surface area contributed by atoms with Crippen molar-refractivity contribution in [3.05, 3.63) is 23.4 Å². The van der Waals surface area contributed by atoms with Crippen molar-refractivity contribution in [2.75, 3.05) is 11.9 Å². The fourth-order valence-corrected chi connectivity index (χ4v) is 3.18. The zero-order valence-corrected chi connectivity index (χ0v) is 14.6. The summed E-state index contributed by atoms with van der Waals surface area (Å²) in [6.45, 7) is 3.17. The summed E-state index contributed by atoms with van der Waals surface area (Å²) in [7, 11) is 0. The molecule has 1 saturated heterocycles. The lowest BCUT2D eigenvalue weighted by Gasteiger charge is -2.13. The quantitative estimate of drug-likeness (QED) is 0.779. The van der Waals surface area contributed by atoms with Crippen LogP contribution in [0.1, 0.15) is 19.8 Å². The second-order valence-electron chi connectivity index (χ2n) is 5.39. The number of halogens is 1. The number of thioether (sulfide) groups is 1. The Balaban J connectivity index is 1.57. The molecule has 2 atom stereocenters. The van der Waals surface area contributed by atoms with Crippen molar-refractivity contribution in [1.82, 2.24) is 25.2 Å². The van der Waals surface area contributed by atoms with E-state index in [1.807, 2.05) is 0 Å². The van der Waals surface area contributed by atoms with Gasteiger partial charge in [-0.15, -0.1) is 5.10 Å². The number of carbonyl (C=O) groups is 1. The molecule has 0 unspecified atom stereocenters. The maximum absolute atomic E-state index is 12.3. The minimum atomic E-state index is -0.378. The van der Waals surface area contributed by atoms with Gasteiger partial charge in [-0.2, -0.15) is 0 Å². The summed E-state index contributed by atoms with van der Waals surface area (Å²) in [5.74, 6) is 0.275. The van der Waals surface area contributed by atoms with Crippen molar-refractivity contribution < 1.29 is 9.53 Å².